The number of amides is 1. The van der Waals surface area contributed by atoms with Crippen LogP contribution in [-0.4, -0.2) is 46.0 Å². The van der Waals surface area contributed by atoms with Crippen LogP contribution in [0.5, 0.6) is 0 Å². The molecule has 1 aromatic carbocycles. The summed E-state index contributed by atoms with van der Waals surface area (Å²) in [5, 5.41) is 21.2. The molecular formula is C18H19N7O3. The molecule has 10 nitrogen and oxygen atoms in total. The van der Waals surface area contributed by atoms with Gasteiger partial charge < -0.3 is 25.5 Å². The molecule has 3 aromatic rings. The van der Waals surface area contributed by atoms with Crippen LogP contribution in [0.15, 0.2) is 46.6 Å². The summed E-state index contributed by atoms with van der Waals surface area (Å²) in [5.74, 6) is 1.34. The Morgan fingerprint density at radius 3 is 3.18 bits per heavy atom. The molecule has 1 amide bonds. The first-order valence-electron chi connectivity index (χ1n) is 8.64. The van der Waals surface area contributed by atoms with Gasteiger partial charge in [0.2, 0.25) is 11.8 Å². The molecule has 1 aliphatic carbocycles. The summed E-state index contributed by atoms with van der Waals surface area (Å²) >= 11 is 0. The molecule has 0 saturated heterocycles. The van der Waals surface area contributed by atoms with E-state index in [4.69, 9.17) is 14.9 Å². The molecule has 2 heterocycles. The van der Waals surface area contributed by atoms with E-state index in [1.807, 2.05) is 36.4 Å². The van der Waals surface area contributed by atoms with Crippen LogP contribution < -0.4 is 16.4 Å². The Bertz CT molecular complexity index is 1070. The van der Waals surface area contributed by atoms with Crippen LogP contribution in [0, 0.1) is 0 Å². The van der Waals surface area contributed by atoms with Crippen molar-refractivity contribution in [2.24, 2.45) is 0 Å². The summed E-state index contributed by atoms with van der Waals surface area (Å²) in [4.78, 5) is 12.1. The van der Waals surface area contributed by atoms with Gasteiger partial charge in [-0.1, -0.05) is 17.3 Å². The van der Waals surface area contributed by atoms with Gasteiger partial charge in [0.1, 0.15) is 0 Å². The number of aromatic amines is 1. The summed E-state index contributed by atoms with van der Waals surface area (Å²) in [7, 11) is 1.61. The Labute approximate surface area is 159 Å². The zero-order valence-electron chi connectivity index (χ0n) is 15.1. The van der Waals surface area contributed by atoms with Crippen LogP contribution in [0.3, 0.4) is 0 Å². The molecule has 4 rings (SSSR count). The molecule has 144 valence electrons. The van der Waals surface area contributed by atoms with E-state index in [1.54, 1.807) is 7.11 Å². The van der Waals surface area contributed by atoms with Gasteiger partial charge in [0.15, 0.2) is 5.82 Å². The Morgan fingerprint density at radius 1 is 1.43 bits per heavy atom. The lowest BCUT2D eigenvalue weighted by Crippen LogP contribution is -2.38. The van der Waals surface area contributed by atoms with Crippen molar-refractivity contribution in [2.75, 3.05) is 24.7 Å². The van der Waals surface area contributed by atoms with Crippen molar-refractivity contribution >= 4 is 28.6 Å². The number of allylic oxidation sites excluding steroid dienone is 2. The summed E-state index contributed by atoms with van der Waals surface area (Å²) in [5.41, 5.74) is 7.35. The Kier molecular flexibility index (Phi) is 4.67. The van der Waals surface area contributed by atoms with Gasteiger partial charge in [-0.15, -0.1) is 5.10 Å². The predicted molar refractivity (Wildman–Crippen MR) is 103 cm³/mol. The van der Waals surface area contributed by atoms with E-state index in [-0.39, 0.29) is 24.5 Å². The molecule has 28 heavy (non-hydrogen) atoms. The first kappa shape index (κ1) is 17.6. The normalized spacial score (nSPS) is 16.0. The molecule has 0 aliphatic heterocycles. The minimum atomic E-state index is -0.195. The van der Waals surface area contributed by atoms with Crippen molar-refractivity contribution in [2.45, 2.75) is 12.5 Å². The second-order valence-corrected chi connectivity index (χ2v) is 6.24. The molecule has 0 radical (unpaired) electrons. The number of benzene rings is 1. The third kappa shape index (κ3) is 3.65. The number of hydrogen-bond donors (Lipinski definition) is 4. The predicted octanol–water partition coefficient (Wildman–Crippen LogP) is 1.58. The van der Waals surface area contributed by atoms with Gasteiger partial charge in [0, 0.05) is 17.4 Å². The average Bonchev–Trinajstić information content (AvgIpc) is 3.33. The minimum absolute atomic E-state index is 0.00567. The molecule has 0 fully saturated rings. The SMILES string of the molecule is COC1=CC=CC(NC(=O)CNc2nnc(-c3ccc4[nH]nc(N)c4c3)o2)C1. The third-order valence-corrected chi connectivity index (χ3v) is 4.32. The maximum atomic E-state index is 12.1. The monoisotopic (exact) mass is 381 g/mol. The van der Waals surface area contributed by atoms with Crippen LogP contribution in [0.1, 0.15) is 6.42 Å². The number of ether oxygens (including phenoxy) is 1. The van der Waals surface area contributed by atoms with Crippen molar-refractivity contribution in [1.82, 2.24) is 25.7 Å². The highest BCUT2D eigenvalue weighted by Gasteiger charge is 2.16. The molecule has 1 aliphatic rings. The van der Waals surface area contributed by atoms with Crippen LogP contribution >= 0.6 is 0 Å². The van der Waals surface area contributed by atoms with E-state index < -0.39 is 0 Å². The van der Waals surface area contributed by atoms with Crippen molar-refractivity contribution < 1.29 is 13.9 Å². The van der Waals surface area contributed by atoms with Gasteiger partial charge in [0.05, 0.1) is 31.0 Å². The molecule has 10 heteroatoms. The number of carbonyl (C=O) groups excluding carboxylic acids is 1. The topological polar surface area (TPSA) is 144 Å². The first-order chi connectivity index (χ1) is 13.6. The lowest BCUT2D eigenvalue weighted by Gasteiger charge is -2.18. The summed E-state index contributed by atoms with van der Waals surface area (Å²) in [6, 6.07) is 5.51. The van der Waals surface area contributed by atoms with Gasteiger partial charge in [-0.3, -0.25) is 9.89 Å². The molecule has 0 bridgehead atoms. The van der Waals surface area contributed by atoms with Gasteiger partial charge in [-0.25, -0.2) is 0 Å². The number of nitrogens with one attached hydrogen (secondary N) is 3. The number of carbonyl (C=O) groups is 1. The maximum Gasteiger partial charge on any atom is 0.316 e. The Morgan fingerprint density at radius 2 is 2.32 bits per heavy atom. The molecular weight excluding hydrogens is 362 g/mol. The summed E-state index contributed by atoms with van der Waals surface area (Å²) < 4.78 is 10.8. The van der Waals surface area contributed by atoms with Crippen molar-refractivity contribution in [3.05, 3.63) is 42.2 Å². The molecule has 1 atom stereocenters. The number of aromatic nitrogens is 4. The fraction of sp³-hybridized carbons (Fsp3) is 0.222. The number of H-pyrrole nitrogens is 1. The Balaban J connectivity index is 1.35. The fourth-order valence-electron chi connectivity index (χ4n) is 2.89. The quantitative estimate of drug-likeness (QED) is 0.504. The zero-order chi connectivity index (χ0) is 19.5. The number of nitrogens with zero attached hydrogens (tertiary/aromatic N) is 3. The second-order valence-electron chi connectivity index (χ2n) is 6.24. The highest BCUT2D eigenvalue weighted by Crippen LogP contribution is 2.26. The fourth-order valence-corrected chi connectivity index (χ4v) is 2.89. The van der Waals surface area contributed by atoms with E-state index in [0.717, 1.165) is 16.7 Å². The van der Waals surface area contributed by atoms with E-state index in [9.17, 15) is 4.79 Å². The number of anilines is 2. The largest absolute Gasteiger partial charge is 0.501 e. The number of fused-ring (bicyclic) bond motifs is 1. The van der Waals surface area contributed by atoms with E-state index in [2.05, 4.69) is 31.0 Å². The standard InChI is InChI=1S/C18H19N7O3/c1-27-12-4-2-3-11(8-12)21-15(26)9-20-18-25-24-17(28-18)10-5-6-14-13(7-10)16(19)23-22-14/h2-7,11H,8-9H2,1H3,(H,20,25)(H,21,26)(H3,19,22,23). The van der Waals surface area contributed by atoms with Gasteiger partial charge in [0.25, 0.3) is 0 Å². The average molecular weight is 381 g/mol. The molecule has 0 spiro atoms. The number of methoxy groups -OCH3 is 1. The van der Waals surface area contributed by atoms with Crippen LogP contribution in [0.25, 0.3) is 22.4 Å². The lowest BCUT2D eigenvalue weighted by atomic mass is 10.1. The maximum absolute atomic E-state index is 12.1. The Hall–Kier alpha value is -3.82. The van der Waals surface area contributed by atoms with Crippen LogP contribution in [0.2, 0.25) is 0 Å². The van der Waals surface area contributed by atoms with Crippen molar-refractivity contribution in [1.29, 1.82) is 0 Å². The van der Waals surface area contributed by atoms with Crippen LogP contribution in [0.4, 0.5) is 11.8 Å². The molecule has 0 saturated carbocycles. The van der Waals surface area contributed by atoms with Crippen molar-refractivity contribution in [3.8, 4) is 11.5 Å². The summed E-state index contributed by atoms with van der Waals surface area (Å²) in [6.45, 7) is 0.00567. The van der Waals surface area contributed by atoms with E-state index in [1.165, 1.54) is 0 Å². The minimum Gasteiger partial charge on any atom is -0.501 e. The summed E-state index contributed by atoms with van der Waals surface area (Å²) in [6.07, 6.45) is 6.25. The highest BCUT2D eigenvalue weighted by atomic mass is 16.5. The van der Waals surface area contributed by atoms with E-state index in [0.29, 0.717) is 23.7 Å². The van der Waals surface area contributed by atoms with Crippen molar-refractivity contribution in [3.63, 3.8) is 0 Å². The lowest BCUT2D eigenvalue weighted by molar-refractivity contribution is -0.119. The second kappa shape index (κ2) is 7.43. The van der Waals surface area contributed by atoms with Crippen LogP contribution in [-0.2, 0) is 9.53 Å². The number of rotatable bonds is 6. The zero-order valence-corrected chi connectivity index (χ0v) is 15.1. The van der Waals surface area contributed by atoms with E-state index >= 15 is 0 Å². The smallest absolute Gasteiger partial charge is 0.316 e. The highest BCUT2D eigenvalue weighted by molar-refractivity contribution is 5.91. The van der Waals surface area contributed by atoms with Gasteiger partial charge in [-0.05, 0) is 24.3 Å². The van der Waals surface area contributed by atoms with Gasteiger partial charge >= 0.3 is 6.01 Å². The molecule has 5 N–H and O–H groups in total. The third-order valence-electron chi connectivity index (χ3n) is 4.32. The first-order valence-corrected chi connectivity index (χ1v) is 8.64. The number of nitrogen functional groups attached to an aromatic ring is 1. The molecule has 2 aromatic heterocycles. The number of nitrogens with two attached hydrogens (primary N) is 1. The number of hydrogen-bond acceptors (Lipinski definition) is 8. The molecule has 1 unspecified atom stereocenters. The van der Waals surface area contributed by atoms with Gasteiger partial charge in [-0.2, -0.15) is 5.10 Å².